The molecule has 0 atom stereocenters. The maximum Gasteiger partial charge on any atom is 0.334 e. The largest absolute Gasteiger partial charge is 0.456 e. The van der Waals surface area contributed by atoms with Crippen LogP contribution >= 0.6 is 12.2 Å². The van der Waals surface area contributed by atoms with Crippen LogP contribution in [0, 0.1) is 19.7 Å². The molecule has 0 aliphatic rings. The van der Waals surface area contributed by atoms with Crippen LogP contribution in [0.2, 0.25) is 0 Å². The van der Waals surface area contributed by atoms with Gasteiger partial charge in [-0.25, -0.2) is 18.5 Å². The van der Waals surface area contributed by atoms with E-state index in [-0.39, 0.29) is 36.4 Å². The average molecular weight is 554 g/mol. The van der Waals surface area contributed by atoms with E-state index >= 15 is 0 Å². The fourth-order valence-electron chi connectivity index (χ4n) is 3.52. The molecule has 0 saturated carbocycles. The van der Waals surface area contributed by atoms with Gasteiger partial charge in [0.2, 0.25) is 0 Å². The zero-order chi connectivity index (χ0) is 27.9. The minimum absolute atomic E-state index is 0. The number of fused-ring (bicyclic) bond motifs is 1. The molecule has 0 fully saturated rings. The van der Waals surface area contributed by atoms with Crippen molar-refractivity contribution in [1.29, 1.82) is 0 Å². The third kappa shape index (κ3) is 6.69. The summed E-state index contributed by atoms with van der Waals surface area (Å²) in [6.07, 6.45) is 0. The van der Waals surface area contributed by atoms with Gasteiger partial charge in [0.25, 0.3) is 11.1 Å². The first kappa shape index (κ1) is 32.1. The molecular formula is C25H36FN5O6S. The Bertz CT molecular complexity index is 1590. The van der Waals surface area contributed by atoms with Crippen LogP contribution in [-0.4, -0.2) is 31.2 Å². The topological polar surface area (TPSA) is 176 Å². The highest BCUT2D eigenvalue weighted by molar-refractivity contribution is 7.91. The average Bonchev–Trinajstić information content (AvgIpc) is 2.87. The zero-order valence-corrected chi connectivity index (χ0v) is 22.7. The highest BCUT2D eigenvalue weighted by Crippen LogP contribution is 2.30. The summed E-state index contributed by atoms with van der Waals surface area (Å²) in [5.41, 5.74) is 4.68. The summed E-state index contributed by atoms with van der Waals surface area (Å²) in [6.45, 7) is 7.21. The van der Waals surface area contributed by atoms with Crippen molar-refractivity contribution in [3.05, 3.63) is 90.6 Å². The van der Waals surface area contributed by atoms with Crippen molar-refractivity contribution in [3.8, 4) is 17.2 Å². The monoisotopic (exact) mass is 553 g/mol. The van der Waals surface area contributed by atoms with Crippen LogP contribution in [-0.2, 0) is 7.05 Å². The number of H-pyrrole nitrogens is 1. The number of aromatic amines is 1. The van der Waals surface area contributed by atoms with E-state index in [0.29, 0.717) is 29.2 Å². The van der Waals surface area contributed by atoms with Gasteiger partial charge in [-0.15, -0.1) is 0 Å². The Hall–Kier alpha value is -3.91. The SMILES string of the molecule is CC.CNSO.Cc1ccc(-n2c(=O)[nH]c(=O)c3c(Oc4cccc(N)c4)c(C)c(=O)n(C)c32)c(F)c1.O.[HH].[HH]. The Balaban J connectivity index is 0. The number of aryl methyl sites for hydroxylation is 2. The molecule has 0 spiro atoms. The predicted octanol–water partition coefficient (Wildman–Crippen LogP) is 3.53. The van der Waals surface area contributed by atoms with E-state index in [1.807, 2.05) is 13.8 Å². The van der Waals surface area contributed by atoms with E-state index < -0.39 is 22.6 Å². The van der Waals surface area contributed by atoms with Crippen LogP contribution in [0.5, 0.6) is 11.5 Å². The van der Waals surface area contributed by atoms with Gasteiger partial charge >= 0.3 is 5.69 Å². The second-order valence-corrected chi connectivity index (χ2v) is 8.13. The number of anilines is 1. The summed E-state index contributed by atoms with van der Waals surface area (Å²) in [4.78, 5) is 40.7. The minimum atomic E-state index is -0.881. The number of nitrogen functional groups attached to an aromatic ring is 1. The first-order valence-corrected chi connectivity index (χ1v) is 12.0. The molecule has 0 aliphatic carbocycles. The lowest BCUT2D eigenvalue weighted by atomic mass is 10.1. The molecule has 38 heavy (non-hydrogen) atoms. The zero-order valence-electron chi connectivity index (χ0n) is 21.9. The van der Waals surface area contributed by atoms with Crippen molar-refractivity contribution in [3.63, 3.8) is 0 Å². The maximum absolute atomic E-state index is 14.8. The summed E-state index contributed by atoms with van der Waals surface area (Å²) in [7, 11) is 3.05. The van der Waals surface area contributed by atoms with Crippen molar-refractivity contribution in [1.82, 2.24) is 18.8 Å². The van der Waals surface area contributed by atoms with E-state index in [2.05, 4.69) is 9.71 Å². The molecule has 0 amide bonds. The van der Waals surface area contributed by atoms with E-state index in [1.54, 1.807) is 38.2 Å². The van der Waals surface area contributed by atoms with E-state index in [0.717, 1.165) is 9.13 Å². The standard InChI is InChI=1S/C22H19FN4O4.C2H6.CH5NOS.H2O.2H2/c1-11-7-8-16(15(23)9-11)27-20-17(19(28)25-22(27)30)18(12(2)21(29)26(20)3)31-14-6-4-5-13(24)10-14;1-2;1-2-4-3;;;/h4-10H,24H2,1-3H3,(H,25,28,30);1-2H3;2-3H,1H3;1H2;2*1H. The molecule has 0 bridgehead atoms. The lowest BCUT2D eigenvalue weighted by Gasteiger charge is -2.18. The number of pyridine rings is 1. The van der Waals surface area contributed by atoms with Crippen LogP contribution in [0.25, 0.3) is 16.7 Å². The van der Waals surface area contributed by atoms with Gasteiger partial charge in [-0.2, -0.15) is 0 Å². The Morgan fingerprint density at radius 2 is 1.76 bits per heavy atom. The van der Waals surface area contributed by atoms with Crippen molar-refractivity contribution in [2.45, 2.75) is 27.7 Å². The molecule has 2 heterocycles. The maximum atomic E-state index is 14.8. The Morgan fingerprint density at radius 3 is 2.32 bits per heavy atom. The summed E-state index contributed by atoms with van der Waals surface area (Å²) < 4.78 is 32.8. The van der Waals surface area contributed by atoms with Crippen LogP contribution in [0.1, 0.15) is 27.8 Å². The molecule has 0 aliphatic heterocycles. The van der Waals surface area contributed by atoms with Gasteiger partial charge in [-0.1, -0.05) is 26.0 Å². The Labute approximate surface area is 225 Å². The van der Waals surface area contributed by atoms with Gasteiger partial charge in [0, 0.05) is 21.7 Å². The van der Waals surface area contributed by atoms with E-state index in [9.17, 15) is 18.8 Å². The fourth-order valence-corrected chi connectivity index (χ4v) is 3.52. The fraction of sp³-hybridized carbons (Fsp3) is 0.240. The molecule has 7 N–H and O–H groups in total. The first-order valence-electron chi connectivity index (χ1n) is 11.3. The van der Waals surface area contributed by atoms with E-state index in [4.69, 9.17) is 15.0 Å². The first-order chi connectivity index (χ1) is 17.6. The van der Waals surface area contributed by atoms with E-state index in [1.165, 1.54) is 32.2 Å². The number of hydrogen-bond acceptors (Lipinski definition) is 8. The smallest absolute Gasteiger partial charge is 0.334 e. The van der Waals surface area contributed by atoms with Crippen LogP contribution in [0.15, 0.2) is 56.8 Å². The third-order valence-electron chi connectivity index (χ3n) is 5.11. The van der Waals surface area contributed by atoms with Crippen molar-refractivity contribution < 1.29 is 22.0 Å². The van der Waals surface area contributed by atoms with Gasteiger partial charge < -0.3 is 20.5 Å². The third-order valence-corrected chi connectivity index (χ3v) is 5.29. The quantitative estimate of drug-likeness (QED) is 0.168. The Kier molecular flexibility index (Phi) is 12.0. The molecule has 210 valence electrons. The minimum Gasteiger partial charge on any atom is -0.456 e. The number of benzene rings is 2. The van der Waals surface area contributed by atoms with Crippen molar-refractivity contribution in [2.24, 2.45) is 7.05 Å². The number of nitrogens with one attached hydrogen (secondary N) is 2. The molecule has 0 saturated heterocycles. The van der Waals surface area contributed by atoms with Gasteiger partial charge in [0.15, 0.2) is 5.75 Å². The Morgan fingerprint density at radius 1 is 1.13 bits per heavy atom. The lowest BCUT2D eigenvalue weighted by molar-refractivity contribution is 0.481. The van der Waals surface area contributed by atoms with Gasteiger partial charge in [0.05, 0.1) is 23.5 Å². The summed E-state index contributed by atoms with van der Waals surface area (Å²) in [6, 6.07) is 10.8. The second kappa shape index (κ2) is 14.1. The second-order valence-electron chi connectivity index (χ2n) is 7.54. The highest BCUT2D eigenvalue weighted by atomic mass is 32.2. The number of nitrogens with zero attached hydrogens (tertiary/aromatic N) is 2. The predicted molar refractivity (Wildman–Crippen MR) is 154 cm³/mol. The summed E-state index contributed by atoms with van der Waals surface area (Å²) in [5, 5.41) is -0.0680. The lowest BCUT2D eigenvalue weighted by Crippen LogP contribution is -2.35. The van der Waals surface area contributed by atoms with Gasteiger partial charge in [0.1, 0.15) is 22.6 Å². The number of rotatable bonds is 4. The number of ether oxygens (including phenoxy) is 1. The van der Waals surface area contributed by atoms with Gasteiger partial charge in [-0.05, 0) is 50.7 Å². The summed E-state index contributed by atoms with van der Waals surface area (Å²) >= 11 is 0.606. The molecule has 11 nitrogen and oxygen atoms in total. The highest BCUT2D eigenvalue weighted by Gasteiger charge is 2.23. The van der Waals surface area contributed by atoms with Crippen LogP contribution in [0.3, 0.4) is 0 Å². The number of aromatic nitrogens is 3. The normalized spacial score (nSPS) is 10.0. The van der Waals surface area contributed by atoms with Crippen LogP contribution in [0.4, 0.5) is 10.1 Å². The molecule has 0 radical (unpaired) electrons. The molecule has 0 unspecified atom stereocenters. The summed E-state index contributed by atoms with van der Waals surface area (Å²) in [5.74, 6) is -0.413. The molecule has 4 rings (SSSR count). The molecular weight excluding hydrogens is 517 g/mol. The molecule has 13 heteroatoms. The molecule has 2 aromatic carbocycles. The van der Waals surface area contributed by atoms with Crippen molar-refractivity contribution >= 4 is 28.9 Å². The van der Waals surface area contributed by atoms with Crippen LogP contribution < -0.4 is 32.0 Å². The molecule has 4 aromatic rings. The van der Waals surface area contributed by atoms with Gasteiger partial charge in [-0.3, -0.25) is 19.1 Å². The number of nitrogens with two attached hydrogens (primary N) is 1. The molecule has 2 aromatic heterocycles. The number of hydrogen-bond donors (Lipinski definition) is 4. The van der Waals surface area contributed by atoms with Crippen molar-refractivity contribution in [2.75, 3.05) is 12.8 Å². The number of halogens is 1.